The van der Waals surface area contributed by atoms with E-state index in [9.17, 15) is 10.3 Å². The van der Waals surface area contributed by atoms with Crippen molar-refractivity contribution in [2.24, 2.45) is 0 Å². The molecular formula is C9H13NO2. The lowest BCUT2D eigenvalue weighted by atomic mass is 9.99. The Morgan fingerprint density at radius 2 is 2.00 bits per heavy atom. The molecule has 1 aromatic heterocycles. The monoisotopic (exact) mass is 167 g/mol. The van der Waals surface area contributed by atoms with Crippen LogP contribution in [0.25, 0.3) is 0 Å². The molecule has 12 heavy (non-hydrogen) atoms. The van der Waals surface area contributed by atoms with E-state index in [1.54, 1.807) is 19.9 Å². The first kappa shape index (κ1) is 9.00. The van der Waals surface area contributed by atoms with Gasteiger partial charge in [-0.25, -0.2) is 0 Å². The van der Waals surface area contributed by atoms with Crippen LogP contribution in [-0.4, -0.2) is 5.11 Å². The summed E-state index contributed by atoms with van der Waals surface area (Å²) in [6, 6.07) is 1.80. The molecule has 0 atom stereocenters. The fraction of sp³-hybridized carbons (Fsp3) is 0.444. The third kappa shape index (κ3) is 1.95. The van der Waals surface area contributed by atoms with Gasteiger partial charge in [-0.05, 0) is 26.8 Å². The van der Waals surface area contributed by atoms with Crippen LogP contribution in [-0.2, 0) is 5.60 Å². The van der Waals surface area contributed by atoms with Crippen LogP contribution in [0.15, 0.2) is 18.5 Å². The molecule has 0 bridgehead atoms. The molecule has 0 amide bonds. The minimum absolute atomic E-state index is 0.637. The number of aliphatic hydroxyl groups is 1. The molecular weight excluding hydrogens is 154 g/mol. The zero-order valence-corrected chi connectivity index (χ0v) is 7.53. The highest BCUT2D eigenvalue weighted by Gasteiger charge is 2.18. The topological polar surface area (TPSA) is 47.2 Å². The average molecular weight is 167 g/mol. The normalized spacial score (nSPS) is 11.7. The first-order chi connectivity index (χ1) is 5.39. The maximum Gasteiger partial charge on any atom is 0.186 e. The molecule has 0 aromatic carbocycles. The van der Waals surface area contributed by atoms with Gasteiger partial charge in [0.25, 0.3) is 0 Å². The van der Waals surface area contributed by atoms with Crippen molar-refractivity contribution in [3.05, 3.63) is 34.8 Å². The van der Waals surface area contributed by atoms with Crippen molar-refractivity contribution >= 4 is 0 Å². The standard InChI is InChI=1S/C9H13NO2/c1-7-4-8(9(2,3)11)6-10(12)5-7/h4-6,11H,1-3H3. The predicted octanol–water partition coefficient (Wildman–Crippen LogP) is 0.856. The lowest BCUT2D eigenvalue weighted by Crippen LogP contribution is -2.29. The highest BCUT2D eigenvalue weighted by molar-refractivity contribution is 5.19. The molecule has 1 heterocycles. The van der Waals surface area contributed by atoms with Crippen LogP contribution in [0.4, 0.5) is 0 Å². The summed E-state index contributed by atoms with van der Waals surface area (Å²) >= 11 is 0. The Labute approximate surface area is 71.9 Å². The first-order valence-electron chi connectivity index (χ1n) is 3.83. The quantitative estimate of drug-likeness (QED) is 0.498. The molecule has 0 saturated carbocycles. The molecule has 3 nitrogen and oxygen atoms in total. The SMILES string of the molecule is Cc1cc(C(C)(C)O)c[n+]([O-])c1. The van der Waals surface area contributed by atoms with E-state index in [1.807, 2.05) is 6.92 Å². The molecule has 0 saturated heterocycles. The zero-order chi connectivity index (χ0) is 9.35. The third-order valence-corrected chi connectivity index (χ3v) is 1.69. The zero-order valence-electron chi connectivity index (χ0n) is 7.53. The van der Waals surface area contributed by atoms with Crippen LogP contribution in [0.3, 0.4) is 0 Å². The van der Waals surface area contributed by atoms with Crippen LogP contribution < -0.4 is 4.73 Å². The lowest BCUT2D eigenvalue weighted by Gasteiger charge is -2.16. The summed E-state index contributed by atoms with van der Waals surface area (Å²) in [7, 11) is 0. The highest BCUT2D eigenvalue weighted by Crippen LogP contribution is 2.18. The van der Waals surface area contributed by atoms with Crippen LogP contribution in [0.2, 0.25) is 0 Å². The number of aryl methyl sites for hydroxylation is 1. The molecule has 1 N–H and O–H groups in total. The Morgan fingerprint density at radius 1 is 1.42 bits per heavy atom. The number of nitrogens with zero attached hydrogens (tertiary/aromatic N) is 1. The molecule has 66 valence electrons. The van der Waals surface area contributed by atoms with E-state index in [0.29, 0.717) is 10.3 Å². The number of rotatable bonds is 1. The van der Waals surface area contributed by atoms with E-state index >= 15 is 0 Å². The largest absolute Gasteiger partial charge is 0.619 e. The number of hydrogen-bond donors (Lipinski definition) is 1. The van der Waals surface area contributed by atoms with Crippen LogP contribution >= 0.6 is 0 Å². The van der Waals surface area contributed by atoms with Crippen molar-refractivity contribution in [3.63, 3.8) is 0 Å². The summed E-state index contributed by atoms with van der Waals surface area (Å²) in [5, 5.41) is 20.5. The molecule has 0 aliphatic carbocycles. The summed E-state index contributed by atoms with van der Waals surface area (Å²) in [5.41, 5.74) is 0.542. The Hall–Kier alpha value is -1.09. The number of hydrogen-bond acceptors (Lipinski definition) is 2. The molecule has 3 heteroatoms. The average Bonchev–Trinajstić information content (AvgIpc) is 1.82. The Bertz CT molecular complexity index is 269. The van der Waals surface area contributed by atoms with Crippen molar-refractivity contribution in [1.29, 1.82) is 0 Å². The van der Waals surface area contributed by atoms with Gasteiger partial charge in [-0.2, -0.15) is 4.73 Å². The maximum absolute atomic E-state index is 11.0. The molecule has 0 unspecified atom stereocenters. The molecule has 0 fully saturated rings. The van der Waals surface area contributed by atoms with Crippen molar-refractivity contribution < 1.29 is 9.84 Å². The van der Waals surface area contributed by atoms with Gasteiger partial charge in [0.05, 0.1) is 5.60 Å². The van der Waals surface area contributed by atoms with Crippen molar-refractivity contribution in [2.45, 2.75) is 26.4 Å². The predicted molar refractivity (Wildman–Crippen MR) is 45.4 cm³/mol. The van der Waals surface area contributed by atoms with E-state index in [4.69, 9.17) is 0 Å². The summed E-state index contributed by atoms with van der Waals surface area (Å²) in [5.74, 6) is 0. The Balaban J connectivity index is 3.18. The minimum Gasteiger partial charge on any atom is -0.619 e. The van der Waals surface area contributed by atoms with Gasteiger partial charge in [0, 0.05) is 11.1 Å². The van der Waals surface area contributed by atoms with E-state index in [1.165, 1.54) is 12.4 Å². The van der Waals surface area contributed by atoms with Crippen LogP contribution in [0, 0.1) is 12.1 Å². The van der Waals surface area contributed by atoms with Crippen LogP contribution in [0.5, 0.6) is 0 Å². The molecule has 0 aliphatic heterocycles. The van der Waals surface area contributed by atoms with Gasteiger partial charge >= 0.3 is 0 Å². The smallest absolute Gasteiger partial charge is 0.186 e. The van der Waals surface area contributed by atoms with E-state index in [0.717, 1.165) is 5.56 Å². The fourth-order valence-corrected chi connectivity index (χ4v) is 1.03. The summed E-state index contributed by atoms with van der Waals surface area (Å²) in [4.78, 5) is 0. The van der Waals surface area contributed by atoms with Crippen molar-refractivity contribution in [1.82, 2.24) is 0 Å². The van der Waals surface area contributed by atoms with Crippen LogP contribution in [0.1, 0.15) is 25.0 Å². The van der Waals surface area contributed by atoms with Crippen molar-refractivity contribution in [3.8, 4) is 0 Å². The highest BCUT2D eigenvalue weighted by atomic mass is 16.5. The third-order valence-electron chi connectivity index (χ3n) is 1.69. The van der Waals surface area contributed by atoms with E-state index in [-0.39, 0.29) is 0 Å². The van der Waals surface area contributed by atoms with Gasteiger partial charge < -0.3 is 10.3 Å². The first-order valence-corrected chi connectivity index (χ1v) is 3.83. The second-order valence-corrected chi connectivity index (χ2v) is 3.52. The van der Waals surface area contributed by atoms with Gasteiger partial charge in [-0.1, -0.05) is 0 Å². The Kier molecular flexibility index (Phi) is 2.06. The van der Waals surface area contributed by atoms with Gasteiger partial charge in [-0.15, -0.1) is 0 Å². The van der Waals surface area contributed by atoms with E-state index < -0.39 is 5.60 Å². The number of pyridine rings is 1. The van der Waals surface area contributed by atoms with Gasteiger partial charge in [-0.3, -0.25) is 0 Å². The summed E-state index contributed by atoms with van der Waals surface area (Å²) in [6.07, 6.45) is 2.85. The Morgan fingerprint density at radius 3 is 2.42 bits per heavy atom. The lowest BCUT2D eigenvalue weighted by molar-refractivity contribution is -0.606. The molecule has 1 aromatic rings. The van der Waals surface area contributed by atoms with E-state index in [2.05, 4.69) is 0 Å². The number of aromatic nitrogens is 1. The molecule has 0 aliphatic rings. The second kappa shape index (κ2) is 2.75. The van der Waals surface area contributed by atoms with Gasteiger partial charge in [0.15, 0.2) is 12.4 Å². The van der Waals surface area contributed by atoms with Gasteiger partial charge in [0.1, 0.15) is 0 Å². The fourth-order valence-electron chi connectivity index (χ4n) is 1.03. The molecule has 0 spiro atoms. The maximum atomic E-state index is 11.0. The van der Waals surface area contributed by atoms with Gasteiger partial charge in [0.2, 0.25) is 0 Å². The van der Waals surface area contributed by atoms with Crippen molar-refractivity contribution in [2.75, 3.05) is 0 Å². The summed E-state index contributed by atoms with van der Waals surface area (Å²) < 4.78 is 0.711. The molecule has 1 rings (SSSR count). The summed E-state index contributed by atoms with van der Waals surface area (Å²) in [6.45, 7) is 5.13. The molecule has 0 radical (unpaired) electrons. The second-order valence-electron chi connectivity index (χ2n) is 3.52. The minimum atomic E-state index is -0.946.